The third-order valence-electron chi connectivity index (χ3n) is 6.35. The van der Waals surface area contributed by atoms with Crippen LogP contribution in [0.25, 0.3) is 11.3 Å². The highest BCUT2D eigenvalue weighted by Crippen LogP contribution is 2.36. The van der Waals surface area contributed by atoms with Crippen molar-refractivity contribution in [1.29, 1.82) is 5.26 Å². The molecule has 0 spiro atoms. The zero-order valence-corrected chi connectivity index (χ0v) is 20.5. The Kier molecular flexibility index (Phi) is 6.91. The Bertz CT molecular complexity index is 1280. The maximum absolute atomic E-state index is 12.6. The number of fused-ring (bicyclic) bond motifs is 2. The van der Waals surface area contributed by atoms with Crippen LogP contribution >= 0.6 is 11.8 Å². The van der Waals surface area contributed by atoms with Crippen LogP contribution in [-0.4, -0.2) is 35.9 Å². The molecular formula is C28H27N3O3S. The van der Waals surface area contributed by atoms with Gasteiger partial charge in [-0.25, -0.2) is 4.98 Å². The maximum atomic E-state index is 12.6. The third kappa shape index (κ3) is 5.13. The van der Waals surface area contributed by atoms with Crippen LogP contribution in [-0.2, 0) is 17.6 Å². The van der Waals surface area contributed by atoms with Crippen molar-refractivity contribution in [2.24, 2.45) is 0 Å². The average Bonchev–Trinajstić information content (AvgIpc) is 2.90. The van der Waals surface area contributed by atoms with Crippen LogP contribution in [0.15, 0.2) is 53.6 Å². The van der Waals surface area contributed by atoms with Crippen LogP contribution < -0.4 is 14.8 Å². The van der Waals surface area contributed by atoms with Crippen molar-refractivity contribution in [2.45, 2.75) is 43.7 Å². The number of aromatic nitrogens is 1. The maximum Gasteiger partial charge on any atom is 0.230 e. The minimum atomic E-state index is -0.247. The predicted molar refractivity (Wildman–Crippen MR) is 136 cm³/mol. The standard InChI is InChI=1S/C28H27N3O3S/c1-18-10-12-19(13-11-18)27-22-7-3-2-6-21(22)23(14-29)28(31-27)35-17-26(32)30-15-20-16-33-24-8-4-5-9-25(24)34-20/h4-5,8-13,20H,2-3,6-7,15-17H2,1H3,(H,30,32)/t20-/m1/s1. The number of aryl methyl sites for hydroxylation is 1. The Labute approximate surface area is 209 Å². The summed E-state index contributed by atoms with van der Waals surface area (Å²) < 4.78 is 11.6. The molecule has 2 heterocycles. The molecule has 0 saturated carbocycles. The van der Waals surface area contributed by atoms with Crippen LogP contribution in [0.5, 0.6) is 11.5 Å². The first kappa shape index (κ1) is 23.3. The number of thioether (sulfide) groups is 1. The predicted octanol–water partition coefficient (Wildman–Crippen LogP) is 4.86. The minimum absolute atomic E-state index is 0.127. The van der Waals surface area contributed by atoms with E-state index in [9.17, 15) is 10.1 Å². The lowest BCUT2D eigenvalue weighted by Crippen LogP contribution is -2.41. The molecule has 6 nitrogen and oxygen atoms in total. The van der Waals surface area contributed by atoms with Crippen molar-refractivity contribution < 1.29 is 14.3 Å². The number of amides is 1. The summed E-state index contributed by atoms with van der Waals surface area (Å²) >= 11 is 1.32. The number of rotatable bonds is 6. The molecule has 1 atom stereocenters. The number of hydrogen-bond donors (Lipinski definition) is 1. The van der Waals surface area contributed by atoms with Gasteiger partial charge in [0.15, 0.2) is 11.5 Å². The molecule has 0 bridgehead atoms. The minimum Gasteiger partial charge on any atom is -0.486 e. The van der Waals surface area contributed by atoms with E-state index in [0.717, 1.165) is 48.3 Å². The molecule has 0 saturated heterocycles. The molecule has 0 radical (unpaired) electrons. The molecule has 0 unspecified atom stereocenters. The first-order valence-electron chi connectivity index (χ1n) is 11.9. The second-order valence-corrected chi connectivity index (χ2v) is 9.84. The molecule has 3 aromatic rings. The van der Waals surface area contributed by atoms with Gasteiger partial charge in [0, 0.05) is 5.56 Å². The van der Waals surface area contributed by atoms with Crippen molar-refractivity contribution in [2.75, 3.05) is 18.9 Å². The Hall–Kier alpha value is -3.50. The number of para-hydroxylation sites is 2. The largest absolute Gasteiger partial charge is 0.486 e. The Morgan fingerprint density at radius 1 is 1.11 bits per heavy atom. The summed E-state index contributed by atoms with van der Waals surface area (Å²) in [6, 6.07) is 18.2. The van der Waals surface area contributed by atoms with E-state index in [-0.39, 0.29) is 17.8 Å². The Balaban J connectivity index is 1.29. The molecule has 35 heavy (non-hydrogen) atoms. The number of pyridine rings is 1. The molecule has 0 fully saturated rings. The molecule has 1 aliphatic heterocycles. The molecule has 1 aliphatic carbocycles. The molecule has 1 aromatic heterocycles. The number of ether oxygens (including phenoxy) is 2. The van der Waals surface area contributed by atoms with Crippen molar-refractivity contribution >= 4 is 17.7 Å². The molecule has 7 heteroatoms. The fraction of sp³-hybridized carbons (Fsp3) is 0.321. The van der Waals surface area contributed by atoms with Gasteiger partial charge in [-0.3, -0.25) is 4.79 Å². The Morgan fingerprint density at radius 3 is 2.63 bits per heavy atom. The zero-order valence-electron chi connectivity index (χ0n) is 19.7. The van der Waals surface area contributed by atoms with Crippen molar-refractivity contribution in [3.8, 4) is 28.8 Å². The van der Waals surface area contributed by atoms with E-state index < -0.39 is 0 Å². The van der Waals surface area contributed by atoms with E-state index in [0.29, 0.717) is 29.5 Å². The van der Waals surface area contributed by atoms with Gasteiger partial charge in [0.25, 0.3) is 0 Å². The van der Waals surface area contributed by atoms with Gasteiger partial charge in [-0.1, -0.05) is 53.7 Å². The average molecular weight is 486 g/mol. The first-order valence-corrected chi connectivity index (χ1v) is 12.9. The van der Waals surface area contributed by atoms with Gasteiger partial charge in [0.2, 0.25) is 5.91 Å². The lowest BCUT2D eigenvalue weighted by molar-refractivity contribution is -0.119. The number of carbonyl (C=O) groups is 1. The number of nitrogens with one attached hydrogen (secondary N) is 1. The normalized spacial score (nSPS) is 16.2. The second kappa shape index (κ2) is 10.4. The SMILES string of the molecule is Cc1ccc(-c2nc(SCC(=O)NC[C@@H]3COc4ccccc4O3)c(C#N)c3c2CCCC3)cc1. The van der Waals surface area contributed by atoms with Crippen LogP contribution in [0.4, 0.5) is 0 Å². The summed E-state index contributed by atoms with van der Waals surface area (Å²) in [6.45, 7) is 2.80. The number of carbonyl (C=O) groups excluding carboxylic acids is 1. The topological polar surface area (TPSA) is 84.2 Å². The molecule has 1 amide bonds. The van der Waals surface area contributed by atoms with Crippen LogP contribution in [0.1, 0.15) is 35.1 Å². The highest BCUT2D eigenvalue weighted by Gasteiger charge is 2.24. The monoisotopic (exact) mass is 485 g/mol. The molecule has 178 valence electrons. The number of benzene rings is 2. The second-order valence-electron chi connectivity index (χ2n) is 8.87. The van der Waals surface area contributed by atoms with Crippen molar-refractivity contribution in [3.63, 3.8) is 0 Å². The van der Waals surface area contributed by atoms with E-state index in [4.69, 9.17) is 14.5 Å². The number of nitrogens with zero attached hydrogens (tertiary/aromatic N) is 2. The lowest BCUT2D eigenvalue weighted by Gasteiger charge is -2.26. The van der Waals surface area contributed by atoms with Gasteiger partial charge in [-0.2, -0.15) is 5.26 Å². The zero-order chi connectivity index (χ0) is 24.2. The molecule has 1 N–H and O–H groups in total. The summed E-state index contributed by atoms with van der Waals surface area (Å²) in [6.07, 6.45) is 3.72. The summed E-state index contributed by atoms with van der Waals surface area (Å²) in [4.78, 5) is 17.6. The molecule has 2 aromatic carbocycles. The lowest BCUT2D eigenvalue weighted by atomic mass is 9.86. The number of hydrogen-bond acceptors (Lipinski definition) is 6. The van der Waals surface area contributed by atoms with Gasteiger partial charge in [-0.05, 0) is 55.9 Å². The van der Waals surface area contributed by atoms with E-state index in [2.05, 4.69) is 42.6 Å². The fourth-order valence-corrected chi connectivity index (χ4v) is 5.38. The molecule has 5 rings (SSSR count). The number of nitriles is 1. The third-order valence-corrected chi connectivity index (χ3v) is 7.33. The summed E-state index contributed by atoms with van der Waals surface area (Å²) in [5.41, 5.74) is 6.08. The van der Waals surface area contributed by atoms with Crippen LogP contribution in [0.3, 0.4) is 0 Å². The highest BCUT2D eigenvalue weighted by atomic mass is 32.2. The summed E-state index contributed by atoms with van der Waals surface area (Å²) in [5.74, 6) is 1.46. The van der Waals surface area contributed by atoms with E-state index >= 15 is 0 Å². The van der Waals surface area contributed by atoms with E-state index in [1.807, 2.05) is 24.3 Å². The molecule has 2 aliphatic rings. The van der Waals surface area contributed by atoms with Crippen molar-refractivity contribution in [1.82, 2.24) is 10.3 Å². The quantitative estimate of drug-likeness (QED) is 0.502. The fourth-order valence-electron chi connectivity index (χ4n) is 4.54. The first-order chi connectivity index (χ1) is 17.1. The van der Waals surface area contributed by atoms with Gasteiger partial charge in [0.1, 0.15) is 23.8 Å². The van der Waals surface area contributed by atoms with Crippen LogP contribution in [0, 0.1) is 18.3 Å². The Morgan fingerprint density at radius 2 is 1.86 bits per heavy atom. The van der Waals surface area contributed by atoms with Gasteiger partial charge in [-0.15, -0.1) is 0 Å². The van der Waals surface area contributed by atoms with Gasteiger partial charge >= 0.3 is 0 Å². The summed E-state index contributed by atoms with van der Waals surface area (Å²) in [7, 11) is 0. The highest BCUT2D eigenvalue weighted by molar-refractivity contribution is 8.00. The molecular weight excluding hydrogens is 458 g/mol. The van der Waals surface area contributed by atoms with E-state index in [1.54, 1.807) is 0 Å². The van der Waals surface area contributed by atoms with Gasteiger partial charge < -0.3 is 14.8 Å². The summed E-state index contributed by atoms with van der Waals surface area (Å²) in [5, 5.41) is 13.5. The van der Waals surface area contributed by atoms with Crippen LogP contribution in [0.2, 0.25) is 0 Å². The smallest absolute Gasteiger partial charge is 0.230 e. The van der Waals surface area contributed by atoms with E-state index in [1.165, 1.54) is 22.9 Å². The van der Waals surface area contributed by atoms with Crippen molar-refractivity contribution in [3.05, 3.63) is 70.8 Å². The van der Waals surface area contributed by atoms with Gasteiger partial charge in [0.05, 0.1) is 23.6 Å².